The third-order valence-electron chi connectivity index (χ3n) is 7.38. The predicted molar refractivity (Wildman–Crippen MR) is 133 cm³/mol. The van der Waals surface area contributed by atoms with Crippen LogP contribution in [0.5, 0.6) is 5.88 Å². The zero-order valence-corrected chi connectivity index (χ0v) is 21.0. The molecule has 2 aliphatic heterocycles. The lowest BCUT2D eigenvalue weighted by molar-refractivity contribution is -0.148. The predicted octanol–water partition coefficient (Wildman–Crippen LogP) is 4.02. The molecule has 0 radical (unpaired) electrons. The number of rotatable bonds is 7. The molecular formula is C27H29ClN2O6. The number of aromatic nitrogens is 2. The minimum atomic E-state index is -0.620. The van der Waals surface area contributed by atoms with Crippen LogP contribution in [0, 0.1) is 5.92 Å². The van der Waals surface area contributed by atoms with E-state index < -0.39 is 6.10 Å². The van der Waals surface area contributed by atoms with Gasteiger partial charge in [0.1, 0.15) is 24.9 Å². The maximum absolute atomic E-state index is 11.9. The Kier molecular flexibility index (Phi) is 5.95. The minimum absolute atomic E-state index is 0.0842. The summed E-state index contributed by atoms with van der Waals surface area (Å²) in [4.78, 5) is 19.9. The highest BCUT2D eigenvalue weighted by Gasteiger charge is 2.48. The van der Waals surface area contributed by atoms with E-state index in [1.807, 2.05) is 38.1 Å². The Morgan fingerprint density at radius 2 is 1.94 bits per heavy atom. The number of hydrogen-bond acceptors (Lipinski definition) is 7. The molecule has 1 aromatic carbocycles. The first-order valence-corrected chi connectivity index (χ1v) is 12.8. The fourth-order valence-electron chi connectivity index (χ4n) is 5.01. The first-order chi connectivity index (χ1) is 17.3. The molecule has 0 spiro atoms. The average Bonchev–Trinajstić information content (AvgIpc) is 3.18. The summed E-state index contributed by atoms with van der Waals surface area (Å²) in [6.07, 6.45) is 0.445. The highest BCUT2D eigenvalue weighted by atomic mass is 35.5. The number of carbonyl (C=O) groups excluding carboxylic acids is 1. The molecule has 6 rings (SSSR count). The van der Waals surface area contributed by atoms with Crippen molar-refractivity contribution in [1.29, 1.82) is 0 Å². The number of aliphatic hydroxyl groups excluding tert-OH is 1. The van der Waals surface area contributed by atoms with Gasteiger partial charge in [-0.3, -0.25) is 4.79 Å². The number of fused-ring (bicyclic) bond motifs is 2. The third kappa shape index (κ3) is 4.26. The van der Waals surface area contributed by atoms with Gasteiger partial charge in [0.15, 0.2) is 12.0 Å². The van der Waals surface area contributed by atoms with Crippen molar-refractivity contribution in [3.8, 4) is 17.1 Å². The molecule has 9 heteroatoms. The Morgan fingerprint density at radius 1 is 1.19 bits per heavy atom. The second kappa shape index (κ2) is 9.03. The Balaban J connectivity index is 1.19. The van der Waals surface area contributed by atoms with E-state index in [0.29, 0.717) is 29.8 Å². The van der Waals surface area contributed by atoms with E-state index in [2.05, 4.69) is 17.1 Å². The van der Waals surface area contributed by atoms with Gasteiger partial charge in [-0.05, 0) is 24.5 Å². The largest absolute Gasteiger partial charge is 0.470 e. The molecule has 3 fully saturated rings. The van der Waals surface area contributed by atoms with Crippen LogP contribution < -0.4 is 4.74 Å². The molecule has 2 unspecified atom stereocenters. The van der Waals surface area contributed by atoms with E-state index in [1.54, 1.807) is 0 Å². The number of hydrogen-bond donors (Lipinski definition) is 2. The lowest BCUT2D eigenvalue weighted by atomic mass is 9.95. The first-order valence-electron chi connectivity index (χ1n) is 12.4. The zero-order chi connectivity index (χ0) is 25.0. The van der Waals surface area contributed by atoms with Crippen LogP contribution in [0.15, 0.2) is 36.4 Å². The number of carbonyl (C=O) groups is 1. The Labute approximate surface area is 213 Å². The molecule has 4 atom stereocenters. The maximum Gasteiger partial charge on any atom is 0.308 e. The maximum atomic E-state index is 11.9. The van der Waals surface area contributed by atoms with Crippen molar-refractivity contribution in [3.05, 3.63) is 47.0 Å². The van der Waals surface area contributed by atoms with Gasteiger partial charge in [-0.2, -0.15) is 0 Å². The number of pyridine rings is 1. The highest BCUT2D eigenvalue weighted by Crippen LogP contribution is 2.49. The van der Waals surface area contributed by atoms with E-state index in [1.165, 1.54) is 0 Å². The van der Waals surface area contributed by atoms with E-state index in [9.17, 15) is 9.90 Å². The van der Waals surface area contributed by atoms with Gasteiger partial charge in [-0.1, -0.05) is 49.7 Å². The normalized spacial score (nSPS) is 26.4. The molecule has 2 saturated heterocycles. The average molecular weight is 513 g/mol. The molecule has 2 N–H and O–H groups in total. The molecule has 36 heavy (non-hydrogen) atoms. The molecule has 2 aromatic heterocycles. The number of aromatic amines is 1. The fraction of sp³-hybridized carbons (Fsp3) is 0.481. The van der Waals surface area contributed by atoms with Crippen LogP contribution in [0.1, 0.15) is 32.3 Å². The summed E-state index contributed by atoms with van der Waals surface area (Å²) in [7, 11) is 0. The van der Waals surface area contributed by atoms with Crippen LogP contribution in [0.4, 0.5) is 0 Å². The quantitative estimate of drug-likeness (QED) is 0.461. The van der Waals surface area contributed by atoms with Gasteiger partial charge >= 0.3 is 5.97 Å². The Bertz CT molecular complexity index is 1290. The van der Waals surface area contributed by atoms with Gasteiger partial charge in [0.25, 0.3) is 0 Å². The van der Waals surface area contributed by atoms with Gasteiger partial charge in [0.05, 0.1) is 40.9 Å². The first kappa shape index (κ1) is 23.7. The topological polar surface area (TPSA) is 103 Å². The van der Waals surface area contributed by atoms with Crippen LogP contribution in [-0.2, 0) is 24.4 Å². The molecule has 1 saturated carbocycles. The molecule has 0 bridgehead atoms. The van der Waals surface area contributed by atoms with Crippen molar-refractivity contribution >= 4 is 28.6 Å². The summed E-state index contributed by atoms with van der Waals surface area (Å²) in [6, 6.07) is 11.9. The van der Waals surface area contributed by atoms with E-state index in [0.717, 1.165) is 35.0 Å². The van der Waals surface area contributed by atoms with Crippen LogP contribution in [-0.4, -0.2) is 65.3 Å². The number of benzene rings is 1. The van der Waals surface area contributed by atoms with Gasteiger partial charge < -0.3 is 29.0 Å². The van der Waals surface area contributed by atoms with Crippen molar-refractivity contribution in [3.63, 3.8) is 0 Å². The minimum Gasteiger partial charge on any atom is -0.470 e. The number of nitrogens with zero attached hydrogens (tertiary/aromatic N) is 1. The van der Waals surface area contributed by atoms with E-state index in [4.69, 9.17) is 35.5 Å². The summed E-state index contributed by atoms with van der Waals surface area (Å²) in [6.45, 7) is 4.71. The van der Waals surface area contributed by atoms with Crippen molar-refractivity contribution in [2.75, 3.05) is 19.8 Å². The van der Waals surface area contributed by atoms with Gasteiger partial charge in [0.2, 0.25) is 0 Å². The molecule has 8 nitrogen and oxygen atoms in total. The monoisotopic (exact) mass is 512 g/mol. The molecule has 3 aliphatic rings. The smallest absolute Gasteiger partial charge is 0.308 e. The van der Waals surface area contributed by atoms with E-state index >= 15 is 0 Å². The molecule has 1 aliphatic carbocycles. The summed E-state index contributed by atoms with van der Waals surface area (Å²) < 4.78 is 22.9. The van der Waals surface area contributed by atoms with Gasteiger partial charge in [0, 0.05) is 17.0 Å². The second-order valence-corrected chi connectivity index (χ2v) is 10.7. The number of halogens is 1. The molecule has 0 amide bonds. The van der Waals surface area contributed by atoms with Crippen LogP contribution >= 0.6 is 11.6 Å². The Morgan fingerprint density at radius 3 is 2.67 bits per heavy atom. The highest BCUT2D eigenvalue weighted by molar-refractivity contribution is 6.33. The number of aliphatic hydroxyl groups is 1. The second-order valence-electron chi connectivity index (χ2n) is 10.3. The third-order valence-corrected chi connectivity index (χ3v) is 7.67. The van der Waals surface area contributed by atoms with Crippen LogP contribution in [0.25, 0.3) is 22.3 Å². The summed E-state index contributed by atoms with van der Waals surface area (Å²) in [5.41, 5.74) is 4.17. The molecule has 4 heterocycles. The lowest BCUT2D eigenvalue weighted by Crippen LogP contribution is -2.34. The van der Waals surface area contributed by atoms with Gasteiger partial charge in [-0.15, -0.1) is 0 Å². The number of H-pyrrole nitrogens is 1. The molecule has 190 valence electrons. The number of esters is 1. The Hall–Kier alpha value is -2.65. The standard InChI is InChI=1S/C27H29ClN2O6/c1-14(2)26(32)35-13-27(7-8-27)16-5-3-15(4-6-16)23-17(28)9-18-19(30-23)10-22(29-18)36-21-12-34-24-20(31)11-33-25(21)24/h3-6,9-10,14,20-21,24-25,29,31H,7-8,11-13H2,1-2H3/t20-,21-,24?,25?/m1/s1. The number of nitrogens with one attached hydrogen (secondary N) is 1. The number of ether oxygens (including phenoxy) is 4. The lowest BCUT2D eigenvalue weighted by Gasteiger charge is -2.17. The van der Waals surface area contributed by atoms with Crippen molar-refractivity contribution < 1.29 is 28.8 Å². The van der Waals surface area contributed by atoms with Crippen molar-refractivity contribution in [1.82, 2.24) is 9.97 Å². The van der Waals surface area contributed by atoms with Crippen LogP contribution in [0.3, 0.4) is 0 Å². The summed E-state index contributed by atoms with van der Waals surface area (Å²) in [5.74, 6) is 0.260. The van der Waals surface area contributed by atoms with Gasteiger partial charge in [-0.25, -0.2) is 4.98 Å². The summed E-state index contributed by atoms with van der Waals surface area (Å²) in [5, 5.41) is 10.5. The summed E-state index contributed by atoms with van der Waals surface area (Å²) >= 11 is 6.61. The molecular weight excluding hydrogens is 484 g/mol. The van der Waals surface area contributed by atoms with E-state index in [-0.39, 0.29) is 42.2 Å². The SMILES string of the molecule is CC(C)C(=O)OCC1(c2ccc(-c3nc4cc(O[C@@H]5COC6C5OC[C@H]6O)[nH]c4cc3Cl)cc2)CC1. The van der Waals surface area contributed by atoms with Crippen molar-refractivity contribution in [2.24, 2.45) is 5.92 Å². The van der Waals surface area contributed by atoms with Crippen LogP contribution in [0.2, 0.25) is 5.02 Å². The fourth-order valence-corrected chi connectivity index (χ4v) is 5.27. The van der Waals surface area contributed by atoms with Crippen molar-refractivity contribution in [2.45, 2.75) is 56.5 Å². The zero-order valence-electron chi connectivity index (χ0n) is 20.2. The molecule has 3 aromatic rings.